The number of nitrogens with zero attached hydrogens (tertiary/aromatic N) is 1. The highest BCUT2D eigenvalue weighted by Crippen LogP contribution is 2.28. The second-order valence-corrected chi connectivity index (χ2v) is 5.18. The van der Waals surface area contributed by atoms with Crippen molar-refractivity contribution in [3.05, 3.63) is 68.2 Å². The summed E-state index contributed by atoms with van der Waals surface area (Å²) in [5.41, 5.74) is 2.86. The molecule has 0 aliphatic heterocycles. The van der Waals surface area contributed by atoms with Crippen LogP contribution >= 0.6 is 15.9 Å². The Balaban J connectivity index is 2.19. The van der Waals surface area contributed by atoms with Gasteiger partial charge in [-0.15, -0.1) is 0 Å². The van der Waals surface area contributed by atoms with Crippen LogP contribution in [0.1, 0.15) is 11.1 Å². The van der Waals surface area contributed by atoms with Crippen molar-refractivity contribution in [2.45, 2.75) is 13.5 Å². The van der Waals surface area contributed by atoms with Gasteiger partial charge in [0.25, 0.3) is 5.69 Å². The molecule has 0 bridgehead atoms. The van der Waals surface area contributed by atoms with E-state index in [2.05, 4.69) is 27.3 Å². The van der Waals surface area contributed by atoms with E-state index >= 15 is 0 Å². The van der Waals surface area contributed by atoms with E-state index in [9.17, 15) is 10.1 Å². The molecule has 0 amide bonds. The number of nitro benzene ring substituents is 1. The fraction of sp³-hybridized carbons (Fsp3) is 0.143. The van der Waals surface area contributed by atoms with Crippen LogP contribution in [-0.4, -0.2) is 4.92 Å². The van der Waals surface area contributed by atoms with Crippen molar-refractivity contribution in [3.8, 4) is 0 Å². The van der Waals surface area contributed by atoms with Crippen LogP contribution in [-0.2, 0) is 6.54 Å². The third-order valence-corrected chi connectivity index (χ3v) is 3.21. The third kappa shape index (κ3) is 3.54. The molecule has 2 rings (SSSR count). The minimum Gasteiger partial charge on any atom is -0.375 e. The van der Waals surface area contributed by atoms with Gasteiger partial charge in [-0.2, -0.15) is 0 Å². The second kappa shape index (κ2) is 5.84. The number of aryl methyl sites for hydroxylation is 1. The number of hydrogen-bond donors (Lipinski definition) is 1. The smallest absolute Gasteiger partial charge is 0.292 e. The van der Waals surface area contributed by atoms with E-state index in [1.54, 1.807) is 12.1 Å². The van der Waals surface area contributed by atoms with E-state index in [0.717, 1.165) is 10.0 Å². The molecule has 0 saturated heterocycles. The maximum Gasteiger partial charge on any atom is 0.292 e. The van der Waals surface area contributed by atoms with Crippen LogP contribution in [0.15, 0.2) is 46.9 Å². The van der Waals surface area contributed by atoms with Crippen LogP contribution in [0.25, 0.3) is 0 Å². The number of rotatable bonds is 4. The highest BCUT2D eigenvalue weighted by atomic mass is 79.9. The van der Waals surface area contributed by atoms with Gasteiger partial charge in [0.1, 0.15) is 5.69 Å². The molecule has 0 heterocycles. The van der Waals surface area contributed by atoms with E-state index in [-0.39, 0.29) is 10.6 Å². The van der Waals surface area contributed by atoms with Gasteiger partial charge in [0.15, 0.2) is 0 Å². The molecular weight excluding hydrogens is 308 g/mol. The van der Waals surface area contributed by atoms with E-state index in [1.165, 1.54) is 11.6 Å². The lowest BCUT2D eigenvalue weighted by Crippen LogP contribution is -2.02. The summed E-state index contributed by atoms with van der Waals surface area (Å²) < 4.78 is 0.810. The zero-order valence-corrected chi connectivity index (χ0v) is 12.0. The summed E-state index contributed by atoms with van der Waals surface area (Å²) in [6, 6.07) is 12.9. The number of anilines is 1. The van der Waals surface area contributed by atoms with Crippen LogP contribution in [0.2, 0.25) is 0 Å². The van der Waals surface area contributed by atoms with Gasteiger partial charge in [-0.3, -0.25) is 10.1 Å². The van der Waals surface area contributed by atoms with Crippen molar-refractivity contribution >= 4 is 27.3 Å². The fourth-order valence-electron chi connectivity index (χ4n) is 1.83. The molecule has 0 atom stereocenters. The van der Waals surface area contributed by atoms with E-state index in [4.69, 9.17) is 0 Å². The molecule has 1 N–H and O–H groups in total. The zero-order chi connectivity index (χ0) is 13.8. The quantitative estimate of drug-likeness (QED) is 0.675. The van der Waals surface area contributed by atoms with Gasteiger partial charge in [-0.25, -0.2) is 0 Å². The average molecular weight is 321 g/mol. The lowest BCUT2D eigenvalue weighted by molar-refractivity contribution is -0.384. The Morgan fingerprint density at radius 1 is 1.26 bits per heavy atom. The van der Waals surface area contributed by atoms with Crippen molar-refractivity contribution in [1.29, 1.82) is 0 Å². The SMILES string of the molecule is Cc1cccc(CNc2cc(Br)ccc2[N+](=O)[O-])c1. The van der Waals surface area contributed by atoms with E-state index in [1.807, 2.05) is 25.1 Å². The predicted molar refractivity (Wildman–Crippen MR) is 79.3 cm³/mol. The topological polar surface area (TPSA) is 55.2 Å². The molecule has 0 aliphatic rings. The summed E-state index contributed by atoms with van der Waals surface area (Å²) in [5, 5.41) is 14.1. The third-order valence-electron chi connectivity index (χ3n) is 2.72. The van der Waals surface area contributed by atoms with Crippen LogP contribution in [0, 0.1) is 17.0 Å². The molecule has 2 aromatic rings. The second-order valence-electron chi connectivity index (χ2n) is 4.26. The Morgan fingerprint density at radius 2 is 2.05 bits per heavy atom. The van der Waals surface area contributed by atoms with E-state index in [0.29, 0.717) is 12.2 Å². The summed E-state index contributed by atoms with van der Waals surface area (Å²) in [4.78, 5) is 10.6. The Bertz CT molecular complexity index is 614. The fourth-order valence-corrected chi connectivity index (χ4v) is 2.19. The van der Waals surface area contributed by atoms with Crippen LogP contribution < -0.4 is 5.32 Å². The maximum atomic E-state index is 10.9. The van der Waals surface area contributed by atoms with Gasteiger partial charge >= 0.3 is 0 Å². The monoisotopic (exact) mass is 320 g/mol. The maximum absolute atomic E-state index is 10.9. The molecule has 0 aliphatic carbocycles. The van der Waals surface area contributed by atoms with Gasteiger partial charge in [0, 0.05) is 17.1 Å². The largest absolute Gasteiger partial charge is 0.375 e. The number of benzene rings is 2. The zero-order valence-electron chi connectivity index (χ0n) is 10.4. The molecule has 2 aromatic carbocycles. The van der Waals surface area contributed by atoms with Crippen LogP contribution in [0.3, 0.4) is 0 Å². The summed E-state index contributed by atoms with van der Waals surface area (Å²) in [5.74, 6) is 0. The first kappa shape index (κ1) is 13.5. The minimum absolute atomic E-state index is 0.0795. The molecule has 0 saturated carbocycles. The normalized spacial score (nSPS) is 10.2. The first-order valence-electron chi connectivity index (χ1n) is 5.79. The standard InChI is InChI=1S/C14H13BrN2O2/c1-10-3-2-4-11(7-10)9-16-13-8-12(15)5-6-14(13)17(18)19/h2-8,16H,9H2,1H3. The molecule has 0 fully saturated rings. The molecule has 0 unspecified atom stereocenters. The lowest BCUT2D eigenvalue weighted by atomic mass is 10.1. The highest BCUT2D eigenvalue weighted by Gasteiger charge is 2.13. The number of nitrogens with one attached hydrogen (secondary N) is 1. The molecule has 19 heavy (non-hydrogen) atoms. The predicted octanol–water partition coefficient (Wildman–Crippen LogP) is 4.28. The van der Waals surface area contributed by atoms with Crippen molar-refractivity contribution in [2.24, 2.45) is 0 Å². The minimum atomic E-state index is -0.384. The first-order chi connectivity index (χ1) is 9.06. The Labute approximate surface area is 119 Å². The van der Waals surface area contributed by atoms with Gasteiger partial charge in [0.05, 0.1) is 4.92 Å². The lowest BCUT2D eigenvalue weighted by Gasteiger charge is -2.08. The Hall–Kier alpha value is -1.88. The molecule has 0 spiro atoms. The summed E-state index contributed by atoms with van der Waals surface area (Å²) in [6.45, 7) is 2.57. The molecule has 5 heteroatoms. The highest BCUT2D eigenvalue weighted by molar-refractivity contribution is 9.10. The summed E-state index contributed by atoms with van der Waals surface area (Å²) >= 11 is 3.32. The van der Waals surface area contributed by atoms with Crippen LogP contribution in [0.5, 0.6) is 0 Å². The molecule has 0 aromatic heterocycles. The first-order valence-corrected chi connectivity index (χ1v) is 6.59. The molecule has 4 nitrogen and oxygen atoms in total. The number of hydrogen-bond acceptors (Lipinski definition) is 3. The van der Waals surface area contributed by atoms with Gasteiger partial charge < -0.3 is 5.32 Å². The summed E-state index contributed by atoms with van der Waals surface area (Å²) in [6.07, 6.45) is 0. The molecular formula is C14H13BrN2O2. The van der Waals surface area contributed by atoms with Crippen molar-refractivity contribution in [3.63, 3.8) is 0 Å². The molecule has 98 valence electrons. The van der Waals surface area contributed by atoms with Gasteiger partial charge in [-0.05, 0) is 24.6 Å². The Morgan fingerprint density at radius 3 is 2.74 bits per heavy atom. The van der Waals surface area contributed by atoms with Crippen molar-refractivity contribution < 1.29 is 4.92 Å². The van der Waals surface area contributed by atoms with E-state index < -0.39 is 0 Å². The average Bonchev–Trinajstić information content (AvgIpc) is 2.36. The van der Waals surface area contributed by atoms with Gasteiger partial charge in [-0.1, -0.05) is 45.8 Å². The summed E-state index contributed by atoms with van der Waals surface area (Å²) in [7, 11) is 0. The van der Waals surface area contributed by atoms with Crippen LogP contribution in [0.4, 0.5) is 11.4 Å². The Kier molecular flexibility index (Phi) is 4.16. The number of nitro groups is 1. The molecule has 0 radical (unpaired) electrons. The number of halogens is 1. The van der Waals surface area contributed by atoms with Gasteiger partial charge in [0.2, 0.25) is 0 Å². The van der Waals surface area contributed by atoms with Crippen molar-refractivity contribution in [1.82, 2.24) is 0 Å². The van der Waals surface area contributed by atoms with Crippen molar-refractivity contribution in [2.75, 3.05) is 5.32 Å².